The van der Waals surface area contributed by atoms with Crippen molar-refractivity contribution in [2.45, 2.75) is 13.1 Å². The first-order chi connectivity index (χ1) is 12.9. The van der Waals surface area contributed by atoms with E-state index >= 15 is 0 Å². The molecule has 2 aromatic heterocycles. The van der Waals surface area contributed by atoms with Crippen LogP contribution >= 0.6 is 0 Å². The van der Waals surface area contributed by atoms with E-state index in [2.05, 4.69) is 94.3 Å². The van der Waals surface area contributed by atoms with E-state index in [-0.39, 0.29) is 0 Å². The summed E-state index contributed by atoms with van der Waals surface area (Å²) in [4.78, 5) is 0. The highest BCUT2D eigenvalue weighted by Gasteiger charge is 2.28. The van der Waals surface area contributed by atoms with E-state index in [1.807, 2.05) is 0 Å². The molecule has 2 aliphatic rings. The zero-order chi connectivity index (χ0) is 17.1. The summed E-state index contributed by atoms with van der Waals surface area (Å²) in [6, 6.07) is 26.4. The minimum Gasteiger partial charge on any atom is -0.193 e. The summed E-state index contributed by atoms with van der Waals surface area (Å²) >= 11 is 0. The number of hydrogen-bond acceptors (Lipinski definition) is 0. The van der Waals surface area contributed by atoms with Crippen LogP contribution in [0.2, 0.25) is 0 Å². The van der Waals surface area contributed by atoms with Crippen molar-refractivity contribution in [3.05, 3.63) is 96.3 Å². The van der Waals surface area contributed by atoms with Crippen molar-refractivity contribution in [2.24, 2.45) is 0 Å². The minimum atomic E-state index is 0.961. The summed E-state index contributed by atoms with van der Waals surface area (Å²) in [6.07, 6.45) is 4.58. The summed E-state index contributed by atoms with van der Waals surface area (Å²) in [5, 5.41) is 0. The summed E-state index contributed by atoms with van der Waals surface area (Å²) in [7, 11) is 0. The Morgan fingerprint density at radius 1 is 0.500 bits per heavy atom. The highest BCUT2D eigenvalue weighted by molar-refractivity contribution is 5.69. The van der Waals surface area contributed by atoms with Crippen LogP contribution in [0.15, 0.2) is 85.2 Å². The Labute approximate surface area is 152 Å². The summed E-state index contributed by atoms with van der Waals surface area (Å²) in [5.74, 6) is 0. The van der Waals surface area contributed by atoms with E-state index in [4.69, 9.17) is 0 Å². The van der Waals surface area contributed by atoms with E-state index in [9.17, 15) is 0 Å². The topological polar surface area (TPSA) is 7.76 Å². The molecule has 0 radical (unpaired) electrons. The van der Waals surface area contributed by atoms with E-state index < -0.39 is 0 Å². The second-order valence-corrected chi connectivity index (χ2v) is 7.18. The predicted octanol–water partition coefficient (Wildman–Crippen LogP) is 3.99. The fourth-order valence-corrected chi connectivity index (χ4v) is 4.37. The Morgan fingerprint density at radius 2 is 0.962 bits per heavy atom. The number of benzene rings is 2. The van der Waals surface area contributed by atoms with Crippen molar-refractivity contribution in [3.63, 3.8) is 0 Å². The van der Waals surface area contributed by atoms with Crippen LogP contribution in [-0.2, 0) is 13.1 Å². The number of rotatable bonds is 1. The molecule has 2 nitrogen and oxygen atoms in total. The van der Waals surface area contributed by atoms with E-state index in [0.29, 0.717) is 0 Å². The van der Waals surface area contributed by atoms with Crippen molar-refractivity contribution in [2.75, 3.05) is 0 Å². The molecule has 2 aromatic carbocycles. The van der Waals surface area contributed by atoms with E-state index in [1.54, 1.807) is 0 Å². The SMILES string of the molecule is c1ccc2c(c1)C[n+]1cc(-c3ccc4[n+](c3)Cc3ccccc3-4)ccc1-2. The van der Waals surface area contributed by atoms with Crippen molar-refractivity contribution in [1.82, 2.24) is 0 Å². The van der Waals surface area contributed by atoms with Gasteiger partial charge in [-0.15, -0.1) is 0 Å². The molecule has 0 saturated heterocycles. The molecule has 6 rings (SSSR count). The Balaban J connectivity index is 1.42. The molecule has 0 bridgehead atoms. The van der Waals surface area contributed by atoms with Crippen LogP contribution in [0.3, 0.4) is 0 Å². The van der Waals surface area contributed by atoms with Crippen molar-refractivity contribution >= 4 is 0 Å². The molecule has 0 spiro atoms. The summed E-state index contributed by atoms with van der Waals surface area (Å²) in [6.45, 7) is 1.92. The molecule has 0 fully saturated rings. The lowest BCUT2D eigenvalue weighted by atomic mass is 10.1. The standard InChI is InChI=1S/C24H18N2/c1-3-7-21-19(5-1)15-25-13-17(9-11-23(21)25)18-10-12-24-22-8-4-2-6-20(22)16-26(24)14-18/h1-14H,15-16H2/q+2. The van der Waals surface area contributed by atoms with Crippen LogP contribution in [0.4, 0.5) is 0 Å². The van der Waals surface area contributed by atoms with Gasteiger partial charge in [-0.2, -0.15) is 9.13 Å². The van der Waals surface area contributed by atoms with Gasteiger partial charge in [-0.3, -0.25) is 0 Å². The number of aromatic nitrogens is 2. The third-order valence-corrected chi connectivity index (χ3v) is 5.65. The zero-order valence-corrected chi connectivity index (χ0v) is 14.4. The molecule has 0 atom stereocenters. The number of pyridine rings is 2. The Morgan fingerprint density at radius 3 is 1.46 bits per heavy atom. The summed E-state index contributed by atoms with van der Waals surface area (Å²) < 4.78 is 4.74. The highest BCUT2D eigenvalue weighted by Crippen LogP contribution is 2.30. The van der Waals surface area contributed by atoms with Crippen LogP contribution in [0, 0.1) is 0 Å². The summed E-state index contributed by atoms with van der Waals surface area (Å²) in [5.41, 5.74) is 10.7. The molecule has 0 saturated carbocycles. The predicted molar refractivity (Wildman–Crippen MR) is 101 cm³/mol. The number of nitrogens with zero attached hydrogens (tertiary/aromatic N) is 2. The lowest BCUT2D eigenvalue weighted by Crippen LogP contribution is -2.33. The molecule has 26 heavy (non-hydrogen) atoms. The average Bonchev–Trinajstić information content (AvgIpc) is 3.24. The largest absolute Gasteiger partial charge is 0.213 e. The van der Waals surface area contributed by atoms with Gasteiger partial charge in [0.15, 0.2) is 25.5 Å². The number of fused-ring (bicyclic) bond motifs is 6. The molecule has 0 aliphatic carbocycles. The van der Waals surface area contributed by atoms with Gasteiger partial charge in [-0.1, -0.05) is 36.4 Å². The molecule has 0 N–H and O–H groups in total. The molecular weight excluding hydrogens is 316 g/mol. The normalized spacial score (nSPS) is 13.1. The second-order valence-electron chi connectivity index (χ2n) is 7.18. The van der Waals surface area contributed by atoms with Crippen LogP contribution < -0.4 is 9.13 Å². The van der Waals surface area contributed by atoms with E-state index in [1.165, 1.54) is 44.8 Å². The molecule has 122 valence electrons. The minimum absolute atomic E-state index is 0.961. The molecule has 0 unspecified atom stereocenters. The molecule has 2 heteroatoms. The average molecular weight is 334 g/mol. The van der Waals surface area contributed by atoms with Crippen molar-refractivity contribution in [3.8, 4) is 33.6 Å². The first-order valence-corrected chi connectivity index (χ1v) is 9.11. The zero-order valence-electron chi connectivity index (χ0n) is 14.4. The molecule has 0 amide bonds. The lowest BCUT2D eigenvalue weighted by Gasteiger charge is -2.01. The van der Waals surface area contributed by atoms with Crippen LogP contribution in [0.1, 0.15) is 11.1 Å². The smallest absolute Gasteiger partial charge is 0.193 e. The Kier molecular flexibility index (Phi) is 2.75. The van der Waals surface area contributed by atoms with Gasteiger partial charge in [-0.25, -0.2) is 0 Å². The third kappa shape index (κ3) is 1.93. The monoisotopic (exact) mass is 334 g/mol. The first kappa shape index (κ1) is 14.0. The molecule has 4 heterocycles. The maximum atomic E-state index is 2.37. The Bertz CT molecular complexity index is 1100. The van der Waals surface area contributed by atoms with Gasteiger partial charge in [0, 0.05) is 23.3 Å². The van der Waals surface area contributed by atoms with Gasteiger partial charge in [0.2, 0.25) is 11.4 Å². The number of hydrogen-bond donors (Lipinski definition) is 0. The first-order valence-electron chi connectivity index (χ1n) is 9.11. The molecule has 2 aliphatic heterocycles. The van der Waals surface area contributed by atoms with Crippen LogP contribution in [0.25, 0.3) is 33.6 Å². The van der Waals surface area contributed by atoms with Gasteiger partial charge in [0.25, 0.3) is 0 Å². The van der Waals surface area contributed by atoms with Gasteiger partial charge >= 0.3 is 0 Å². The Hall–Kier alpha value is -3.26. The molecular formula is C24H18N2+2. The third-order valence-electron chi connectivity index (χ3n) is 5.65. The highest BCUT2D eigenvalue weighted by atomic mass is 15.0. The fraction of sp³-hybridized carbons (Fsp3) is 0.0833. The van der Waals surface area contributed by atoms with Crippen LogP contribution in [-0.4, -0.2) is 0 Å². The van der Waals surface area contributed by atoms with Crippen molar-refractivity contribution in [1.29, 1.82) is 0 Å². The van der Waals surface area contributed by atoms with E-state index in [0.717, 1.165) is 13.1 Å². The van der Waals surface area contributed by atoms with Gasteiger partial charge in [-0.05, 0) is 24.3 Å². The second kappa shape index (κ2) is 5.12. The molecule has 4 aromatic rings. The van der Waals surface area contributed by atoms with Gasteiger partial charge in [0.1, 0.15) is 0 Å². The maximum Gasteiger partial charge on any atom is 0.213 e. The maximum absolute atomic E-state index is 2.37. The fourth-order valence-electron chi connectivity index (χ4n) is 4.37. The van der Waals surface area contributed by atoms with Crippen LogP contribution in [0.5, 0.6) is 0 Å². The van der Waals surface area contributed by atoms with Gasteiger partial charge < -0.3 is 0 Å². The quantitative estimate of drug-likeness (QED) is 0.402. The van der Waals surface area contributed by atoms with Gasteiger partial charge in [0.05, 0.1) is 22.3 Å². The lowest BCUT2D eigenvalue weighted by molar-refractivity contribution is -0.673. The van der Waals surface area contributed by atoms with Crippen molar-refractivity contribution < 1.29 is 9.13 Å².